The number of nitrogens with one attached hydrogen (secondary N) is 1. The summed E-state index contributed by atoms with van der Waals surface area (Å²) in [6.45, 7) is -2.20. The molecule has 2 unspecified atom stereocenters. The van der Waals surface area contributed by atoms with Crippen molar-refractivity contribution >= 4 is 5.91 Å². The topological polar surface area (TPSA) is 50.8 Å². The average Bonchev–Trinajstić information content (AvgIpc) is 2.84. The predicted molar refractivity (Wildman–Crippen MR) is 74.9 cm³/mol. The third-order valence-electron chi connectivity index (χ3n) is 4.19. The van der Waals surface area contributed by atoms with Crippen LogP contribution in [0, 0.1) is 0 Å². The number of hydrogen-bond acceptors (Lipinski definition) is 4. The molecule has 2 atom stereocenters. The van der Waals surface area contributed by atoms with Crippen molar-refractivity contribution in [1.82, 2.24) is 10.2 Å². The maximum atomic E-state index is 12.7. The van der Waals surface area contributed by atoms with Gasteiger partial charge in [-0.2, -0.15) is 8.78 Å². The van der Waals surface area contributed by atoms with Crippen molar-refractivity contribution in [2.45, 2.75) is 38.1 Å². The molecule has 5 nitrogen and oxygen atoms in total. The molecule has 0 aromatic heterocycles. The maximum Gasteiger partial charge on any atom is 0.387 e. The second-order valence-electron chi connectivity index (χ2n) is 5.42. The number of methoxy groups -OCH3 is 1. The van der Waals surface area contributed by atoms with Crippen LogP contribution < -0.4 is 14.8 Å². The van der Waals surface area contributed by atoms with Gasteiger partial charge in [-0.3, -0.25) is 9.69 Å². The molecule has 1 aromatic carbocycles. The van der Waals surface area contributed by atoms with Crippen molar-refractivity contribution < 1.29 is 23.0 Å². The molecule has 2 aliphatic rings. The molecule has 2 fully saturated rings. The Kier molecular flexibility index (Phi) is 4.15. The van der Waals surface area contributed by atoms with Crippen LogP contribution in [-0.4, -0.2) is 37.1 Å². The van der Waals surface area contributed by atoms with Crippen molar-refractivity contribution in [3.05, 3.63) is 23.8 Å². The first-order chi connectivity index (χ1) is 10.6. The predicted octanol–water partition coefficient (Wildman–Crippen LogP) is 2.28. The minimum absolute atomic E-state index is 0.0171. The number of piperidine rings is 1. The summed E-state index contributed by atoms with van der Waals surface area (Å²) in [4.78, 5) is 14.1. The van der Waals surface area contributed by atoms with Gasteiger partial charge in [0.15, 0.2) is 11.5 Å². The number of benzene rings is 1. The van der Waals surface area contributed by atoms with E-state index in [1.54, 1.807) is 18.2 Å². The zero-order valence-corrected chi connectivity index (χ0v) is 12.2. The van der Waals surface area contributed by atoms with Crippen molar-refractivity contribution in [2.75, 3.05) is 13.7 Å². The lowest BCUT2D eigenvalue weighted by atomic mass is 10.0. The third kappa shape index (κ3) is 2.61. The summed E-state index contributed by atoms with van der Waals surface area (Å²) in [6.07, 6.45) is 2.32. The lowest BCUT2D eigenvalue weighted by molar-refractivity contribution is -0.122. The van der Waals surface area contributed by atoms with Gasteiger partial charge in [0, 0.05) is 12.1 Å². The molecule has 2 heterocycles. The summed E-state index contributed by atoms with van der Waals surface area (Å²) < 4.78 is 35.2. The lowest BCUT2D eigenvalue weighted by Gasteiger charge is -2.32. The molecular formula is C15H18F2N2O3. The van der Waals surface area contributed by atoms with Crippen LogP contribution in [0.15, 0.2) is 18.2 Å². The van der Waals surface area contributed by atoms with Crippen LogP contribution in [0.2, 0.25) is 0 Å². The fraction of sp³-hybridized carbons (Fsp3) is 0.533. The highest BCUT2D eigenvalue weighted by Gasteiger charge is 2.43. The number of carbonyl (C=O) groups excluding carboxylic acids is 1. The van der Waals surface area contributed by atoms with Gasteiger partial charge in [-0.1, -0.05) is 18.6 Å². The van der Waals surface area contributed by atoms with E-state index in [1.807, 2.05) is 4.90 Å². The number of carbonyl (C=O) groups is 1. The molecule has 120 valence electrons. The van der Waals surface area contributed by atoms with E-state index >= 15 is 0 Å². The molecule has 0 saturated carbocycles. The molecule has 1 amide bonds. The van der Waals surface area contributed by atoms with Crippen molar-refractivity contribution in [3.8, 4) is 11.5 Å². The van der Waals surface area contributed by atoms with Gasteiger partial charge >= 0.3 is 6.61 Å². The van der Waals surface area contributed by atoms with Gasteiger partial charge in [0.05, 0.1) is 13.2 Å². The Morgan fingerprint density at radius 1 is 1.36 bits per heavy atom. The fourth-order valence-electron chi connectivity index (χ4n) is 3.24. The lowest BCUT2D eigenvalue weighted by Crippen LogP contribution is -2.38. The number of alkyl halides is 2. The zero-order valence-electron chi connectivity index (χ0n) is 12.2. The Labute approximate surface area is 127 Å². The number of ether oxygens (including phenoxy) is 2. The largest absolute Gasteiger partial charge is 0.493 e. The molecule has 1 aromatic rings. The van der Waals surface area contributed by atoms with Gasteiger partial charge in [-0.05, 0) is 18.9 Å². The SMILES string of the molecule is COc1cccc(C2NC(=O)C3CCCCN32)c1OC(F)F. The smallest absolute Gasteiger partial charge is 0.387 e. The first-order valence-electron chi connectivity index (χ1n) is 7.29. The second-order valence-corrected chi connectivity index (χ2v) is 5.42. The fourth-order valence-corrected chi connectivity index (χ4v) is 3.24. The molecule has 7 heteroatoms. The van der Waals surface area contributed by atoms with E-state index in [-0.39, 0.29) is 23.4 Å². The van der Waals surface area contributed by atoms with Crippen LogP contribution in [0.1, 0.15) is 31.0 Å². The molecule has 22 heavy (non-hydrogen) atoms. The van der Waals surface area contributed by atoms with Crippen molar-refractivity contribution in [3.63, 3.8) is 0 Å². The van der Waals surface area contributed by atoms with Gasteiger partial charge in [-0.15, -0.1) is 0 Å². The molecule has 0 aliphatic carbocycles. The highest BCUT2D eigenvalue weighted by molar-refractivity contribution is 5.84. The Balaban J connectivity index is 1.98. The number of para-hydroxylation sites is 1. The van der Waals surface area contributed by atoms with Crippen molar-refractivity contribution in [1.29, 1.82) is 0 Å². The molecule has 1 N–H and O–H groups in total. The molecule has 0 radical (unpaired) electrons. The van der Waals surface area contributed by atoms with E-state index in [0.29, 0.717) is 5.56 Å². The monoisotopic (exact) mass is 312 g/mol. The molecule has 2 saturated heterocycles. The van der Waals surface area contributed by atoms with Gasteiger partial charge in [0.2, 0.25) is 5.91 Å². The Hall–Kier alpha value is -1.89. The van der Waals surface area contributed by atoms with Crippen LogP contribution in [0.5, 0.6) is 11.5 Å². The summed E-state index contributed by atoms with van der Waals surface area (Å²) in [5.74, 6) is 0.152. The maximum absolute atomic E-state index is 12.7. The summed E-state index contributed by atoms with van der Waals surface area (Å²) >= 11 is 0. The van der Waals surface area contributed by atoms with E-state index in [2.05, 4.69) is 10.1 Å². The van der Waals surface area contributed by atoms with E-state index < -0.39 is 12.8 Å². The Bertz CT molecular complexity index is 568. The minimum atomic E-state index is -2.95. The minimum Gasteiger partial charge on any atom is -0.493 e. The molecule has 2 aliphatic heterocycles. The quantitative estimate of drug-likeness (QED) is 0.927. The Morgan fingerprint density at radius 2 is 2.18 bits per heavy atom. The van der Waals surface area contributed by atoms with Gasteiger partial charge < -0.3 is 14.8 Å². The van der Waals surface area contributed by atoms with Gasteiger partial charge in [-0.25, -0.2) is 0 Å². The molecular weight excluding hydrogens is 294 g/mol. The number of nitrogens with zero attached hydrogens (tertiary/aromatic N) is 1. The summed E-state index contributed by atoms with van der Waals surface area (Å²) in [5, 5.41) is 2.88. The standard InChI is InChI=1S/C15H18F2N2O3/c1-21-11-7-4-5-9(12(11)22-15(16)17)13-18-14(20)10-6-2-3-8-19(10)13/h4-5,7,10,13,15H,2-3,6,8H2,1H3,(H,18,20). The summed E-state index contributed by atoms with van der Waals surface area (Å²) in [5.41, 5.74) is 0.498. The summed E-state index contributed by atoms with van der Waals surface area (Å²) in [7, 11) is 1.40. The zero-order chi connectivity index (χ0) is 15.7. The highest BCUT2D eigenvalue weighted by Crippen LogP contribution is 2.41. The average molecular weight is 312 g/mol. The number of fused-ring (bicyclic) bond motifs is 1. The van der Waals surface area contributed by atoms with Crippen LogP contribution in [0.4, 0.5) is 8.78 Å². The van der Waals surface area contributed by atoms with Crippen molar-refractivity contribution in [2.24, 2.45) is 0 Å². The first kappa shape index (κ1) is 15.0. The Morgan fingerprint density at radius 3 is 2.91 bits per heavy atom. The molecule has 3 rings (SSSR count). The molecule has 0 bridgehead atoms. The number of rotatable bonds is 4. The van der Waals surface area contributed by atoms with E-state index in [0.717, 1.165) is 25.8 Å². The first-order valence-corrected chi connectivity index (χ1v) is 7.29. The molecule has 0 spiro atoms. The van der Waals surface area contributed by atoms with Gasteiger partial charge in [0.25, 0.3) is 0 Å². The van der Waals surface area contributed by atoms with Crippen LogP contribution in [-0.2, 0) is 4.79 Å². The second kappa shape index (κ2) is 6.08. The number of halogens is 2. The highest BCUT2D eigenvalue weighted by atomic mass is 19.3. The van der Waals surface area contributed by atoms with E-state index in [1.165, 1.54) is 7.11 Å². The van der Waals surface area contributed by atoms with Crippen LogP contribution in [0.3, 0.4) is 0 Å². The van der Waals surface area contributed by atoms with Crippen LogP contribution in [0.25, 0.3) is 0 Å². The normalized spacial score (nSPS) is 25.0. The van der Waals surface area contributed by atoms with Gasteiger partial charge in [0.1, 0.15) is 6.17 Å². The van der Waals surface area contributed by atoms with E-state index in [4.69, 9.17) is 4.74 Å². The number of hydrogen-bond donors (Lipinski definition) is 1. The number of amides is 1. The van der Waals surface area contributed by atoms with Crippen LogP contribution >= 0.6 is 0 Å². The third-order valence-corrected chi connectivity index (χ3v) is 4.19. The van der Waals surface area contributed by atoms with E-state index in [9.17, 15) is 13.6 Å². The summed E-state index contributed by atoms with van der Waals surface area (Å²) in [6, 6.07) is 4.76.